The number of nitrogens with one attached hydrogen (secondary N) is 1. The molecule has 19 heavy (non-hydrogen) atoms. The minimum Gasteiger partial charge on any atom is -0.391 e. The van der Waals surface area contributed by atoms with E-state index < -0.39 is 6.10 Å². The maximum Gasteiger partial charge on any atom is 0.223 e. The maximum atomic E-state index is 11.8. The normalized spacial score (nSPS) is 25.9. The van der Waals surface area contributed by atoms with Crippen LogP contribution in [-0.2, 0) is 11.2 Å². The van der Waals surface area contributed by atoms with Gasteiger partial charge in [-0.25, -0.2) is 0 Å². The maximum absolute atomic E-state index is 11.8. The van der Waals surface area contributed by atoms with E-state index in [-0.39, 0.29) is 30.3 Å². The lowest BCUT2D eigenvalue weighted by Gasteiger charge is -2.09. The van der Waals surface area contributed by atoms with Gasteiger partial charge in [-0.3, -0.25) is 4.79 Å². The second-order valence-corrected chi connectivity index (χ2v) is 5.57. The molecule has 9 heteroatoms. The van der Waals surface area contributed by atoms with Crippen molar-refractivity contribution in [2.45, 2.75) is 31.4 Å². The average molecular weight is 308 g/mol. The first kappa shape index (κ1) is 16.1. The molecule has 108 valence electrons. The summed E-state index contributed by atoms with van der Waals surface area (Å²) in [5, 5.41) is 21.1. The summed E-state index contributed by atoms with van der Waals surface area (Å²) in [6, 6.07) is -0.288. The quantitative estimate of drug-likeness (QED) is 0.582. The molecule has 1 aliphatic carbocycles. The first-order chi connectivity index (χ1) is 8.56. The van der Waals surface area contributed by atoms with Crippen LogP contribution in [0.3, 0.4) is 0 Å². The molecule has 1 saturated carbocycles. The third-order valence-electron chi connectivity index (χ3n) is 3.07. The summed E-state index contributed by atoms with van der Waals surface area (Å²) in [4.78, 5) is 11.8. The molecular weight excluding hydrogens is 290 g/mol. The smallest absolute Gasteiger partial charge is 0.223 e. The fraction of sp³-hybridized carbons (Fsp3) is 0.700. The number of hydrogen-bond donors (Lipinski definition) is 4. The number of aliphatic hydroxyl groups is 1. The lowest BCUT2D eigenvalue weighted by molar-refractivity contribution is -0.125. The first-order valence-electron chi connectivity index (χ1n) is 5.85. The molecule has 0 saturated heterocycles. The number of nitrogens with two attached hydrogens (primary N) is 2. The lowest BCUT2D eigenvalue weighted by Crippen LogP contribution is -2.32. The molecule has 3 atom stereocenters. The number of nitrogens with zero attached hydrogens (tertiary/aromatic N) is 2. The highest BCUT2D eigenvalue weighted by Crippen LogP contribution is 2.24. The molecule has 1 heterocycles. The average Bonchev–Trinajstić information content (AvgIpc) is 2.87. The monoisotopic (exact) mass is 307 g/mol. The van der Waals surface area contributed by atoms with Gasteiger partial charge in [-0.15, -0.1) is 22.6 Å². The zero-order chi connectivity index (χ0) is 13.1. The van der Waals surface area contributed by atoms with Crippen molar-refractivity contribution in [1.82, 2.24) is 15.5 Å². The topological polar surface area (TPSA) is 127 Å². The SMILES string of the molecule is Cl.Nc1nnc(CCNC(=O)[C@H]2C[C@H](N)[C@@H](O)C2)s1. The van der Waals surface area contributed by atoms with Crippen molar-refractivity contribution in [1.29, 1.82) is 0 Å². The summed E-state index contributed by atoms with van der Waals surface area (Å²) in [7, 11) is 0. The van der Waals surface area contributed by atoms with Crippen LogP contribution in [0, 0.1) is 5.92 Å². The van der Waals surface area contributed by atoms with Crippen LogP contribution in [0.5, 0.6) is 0 Å². The Balaban J connectivity index is 0.00000180. The Labute approximate surface area is 121 Å². The predicted octanol–water partition coefficient (Wildman–Crippen LogP) is -0.701. The van der Waals surface area contributed by atoms with Crippen molar-refractivity contribution < 1.29 is 9.90 Å². The molecule has 6 N–H and O–H groups in total. The zero-order valence-electron chi connectivity index (χ0n) is 10.3. The fourth-order valence-corrected chi connectivity index (χ4v) is 2.68. The Kier molecular flexibility index (Phi) is 5.92. The molecule has 0 bridgehead atoms. The highest BCUT2D eigenvalue weighted by atomic mass is 35.5. The van der Waals surface area contributed by atoms with Crippen molar-refractivity contribution in [2.75, 3.05) is 12.3 Å². The van der Waals surface area contributed by atoms with E-state index in [9.17, 15) is 9.90 Å². The molecule has 0 radical (unpaired) electrons. The van der Waals surface area contributed by atoms with Crippen LogP contribution < -0.4 is 16.8 Å². The third kappa shape index (κ3) is 4.27. The minimum atomic E-state index is -0.566. The van der Waals surface area contributed by atoms with Gasteiger partial charge in [-0.2, -0.15) is 0 Å². The van der Waals surface area contributed by atoms with Gasteiger partial charge in [-0.1, -0.05) is 11.3 Å². The van der Waals surface area contributed by atoms with Gasteiger partial charge >= 0.3 is 0 Å². The number of hydrogen-bond acceptors (Lipinski definition) is 7. The standard InChI is InChI=1S/C10H17N5O2S.ClH/c11-6-3-5(4-7(6)16)9(17)13-2-1-8-14-15-10(12)18-8;/h5-7,16H,1-4,11H2,(H2,12,15)(H,13,17);1H/t5-,6-,7-;/m0./s1. The molecule has 1 aromatic heterocycles. The fourth-order valence-electron chi connectivity index (χ4n) is 2.07. The van der Waals surface area contributed by atoms with Gasteiger partial charge in [0.1, 0.15) is 5.01 Å². The number of carbonyl (C=O) groups excluding carboxylic acids is 1. The largest absolute Gasteiger partial charge is 0.391 e. The van der Waals surface area contributed by atoms with Crippen molar-refractivity contribution in [3.63, 3.8) is 0 Å². The number of amides is 1. The van der Waals surface area contributed by atoms with Gasteiger partial charge in [0, 0.05) is 24.9 Å². The van der Waals surface area contributed by atoms with Gasteiger partial charge in [0.15, 0.2) is 0 Å². The van der Waals surface area contributed by atoms with Crippen molar-refractivity contribution in [2.24, 2.45) is 11.7 Å². The summed E-state index contributed by atoms with van der Waals surface area (Å²) < 4.78 is 0. The third-order valence-corrected chi connectivity index (χ3v) is 3.88. The lowest BCUT2D eigenvalue weighted by atomic mass is 10.1. The summed E-state index contributed by atoms with van der Waals surface area (Å²) in [5.41, 5.74) is 11.1. The molecule has 1 fully saturated rings. The molecule has 1 amide bonds. The van der Waals surface area contributed by atoms with E-state index in [0.29, 0.717) is 30.9 Å². The van der Waals surface area contributed by atoms with Crippen molar-refractivity contribution in [3.8, 4) is 0 Å². The summed E-state index contributed by atoms with van der Waals surface area (Å²) >= 11 is 1.32. The first-order valence-corrected chi connectivity index (χ1v) is 6.67. The number of carbonyl (C=O) groups is 1. The molecule has 0 aromatic carbocycles. The van der Waals surface area contributed by atoms with Crippen LogP contribution in [0.4, 0.5) is 5.13 Å². The van der Waals surface area contributed by atoms with Gasteiger partial charge in [-0.05, 0) is 12.8 Å². The Hall–Kier alpha value is -0.960. The van der Waals surface area contributed by atoms with Crippen LogP contribution >= 0.6 is 23.7 Å². The molecule has 2 rings (SSSR count). The van der Waals surface area contributed by atoms with E-state index in [1.165, 1.54) is 11.3 Å². The highest BCUT2D eigenvalue weighted by molar-refractivity contribution is 7.15. The van der Waals surface area contributed by atoms with Crippen LogP contribution in [0.1, 0.15) is 17.8 Å². The second-order valence-electron chi connectivity index (χ2n) is 4.47. The number of halogens is 1. The summed E-state index contributed by atoms with van der Waals surface area (Å²) in [5.74, 6) is -0.242. The predicted molar refractivity (Wildman–Crippen MR) is 75.0 cm³/mol. The van der Waals surface area contributed by atoms with E-state index in [1.54, 1.807) is 0 Å². The second kappa shape index (κ2) is 6.99. The highest BCUT2D eigenvalue weighted by Gasteiger charge is 2.34. The molecular formula is C10H18ClN5O2S. The van der Waals surface area contributed by atoms with E-state index in [2.05, 4.69) is 15.5 Å². The Morgan fingerprint density at radius 3 is 2.74 bits per heavy atom. The van der Waals surface area contributed by atoms with Crippen LogP contribution in [0.2, 0.25) is 0 Å². The molecule has 0 spiro atoms. The molecule has 1 aliphatic rings. The van der Waals surface area contributed by atoms with Crippen molar-refractivity contribution in [3.05, 3.63) is 5.01 Å². The molecule has 1 aromatic rings. The number of rotatable bonds is 4. The van der Waals surface area contributed by atoms with Gasteiger partial charge in [0.25, 0.3) is 0 Å². The number of aliphatic hydroxyl groups excluding tert-OH is 1. The summed E-state index contributed by atoms with van der Waals surface area (Å²) in [6.07, 6.45) is 1.03. The Morgan fingerprint density at radius 1 is 1.47 bits per heavy atom. The van der Waals surface area contributed by atoms with E-state index in [1.807, 2.05) is 0 Å². The number of anilines is 1. The van der Waals surface area contributed by atoms with E-state index in [0.717, 1.165) is 5.01 Å². The van der Waals surface area contributed by atoms with Crippen LogP contribution in [0.15, 0.2) is 0 Å². The zero-order valence-corrected chi connectivity index (χ0v) is 11.9. The molecule has 7 nitrogen and oxygen atoms in total. The Morgan fingerprint density at radius 2 is 2.21 bits per heavy atom. The van der Waals surface area contributed by atoms with Gasteiger partial charge in [0.05, 0.1) is 6.10 Å². The van der Waals surface area contributed by atoms with Crippen LogP contribution in [0.25, 0.3) is 0 Å². The van der Waals surface area contributed by atoms with Gasteiger partial charge < -0.3 is 21.9 Å². The van der Waals surface area contributed by atoms with Crippen LogP contribution in [-0.4, -0.2) is 39.9 Å². The number of nitrogen functional groups attached to an aromatic ring is 1. The number of aromatic nitrogens is 2. The van der Waals surface area contributed by atoms with Crippen molar-refractivity contribution >= 4 is 34.8 Å². The Bertz CT molecular complexity index is 420. The molecule has 0 aliphatic heterocycles. The van der Waals surface area contributed by atoms with Gasteiger partial charge in [0.2, 0.25) is 11.0 Å². The molecule has 0 unspecified atom stereocenters. The summed E-state index contributed by atoms with van der Waals surface area (Å²) in [6.45, 7) is 0.495. The van der Waals surface area contributed by atoms with E-state index in [4.69, 9.17) is 11.5 Å². The minimum absolute atomic E-state index is 0. The van der Waals surface area contributed by atoms with E-state index >= 15 is 0 Å².